The van der Waals surface area contributed by atoms with Gasteiger partial charge in [0.15, 0.2) is 0 Å². The van der Waals surface area contributed by atoms with E-state index in [2.05, 4.69) is 65.3 Å². The summed E-state index contributed by atoms with van der Waals surface area (Å²) in [5.41, 5.74) is 6.43. The van der Waals surface area contributed by atoms with E-state index in [1.807, 2.05) is 4.81 Å². The number of hydrogen-bond acceptors (Lipinski definition) is 5. The minimum absolute atomic E-state index is 0.437. The molecule has 1 aromatic carbocycles. The molecule has 1 radical (unpaired) electrons. The maximum atomic E-state index is 10.7. The average molecular weight is 399 g/mol. The number of piperazine rings is 1. The van der Waals surface area contributed by atoms with Crippen LogP contribution in [0.1, 0.15) is 41.9 Å². The molecular formula is C24H28BN4O. The zero-order valence-electron chi connectivity index (χ0n) is 17.6. The molecule has 0 amide bonds. The minimum atomic E-state index is 0.437. The van der Waals surface area contributed by atoms with Gasteiger partial charge in [-0.3, -0.25) is 14.8 Å². The van der Waals surface area contributed by atoms with Crippen molar-refractivity contribution >= 4 is 19.2 Å². The molecule has 5 rings (SSSR count). The molecule has 0 unspecified atom stereocenters. The predicted octanol–water partition coefficient (Wildman–Crippen LogP) is 2.74. The van der Waals surface area contributed by atoms with Crippen LogP contribution in [0.4, 0.5) is 0 Å². The molecule has 1 fully saturated rings. The molecule has 0 bridgehead atoms. The Morgan fingerprint density at radius 1 is 1.17 bits per heavy atom. The molecule has 3 aliphatic heterocycles. The number of pyridine rings is 1. The zero-order valence-corrected chi connectivity index (χ0v) is 17.6. The van der Waals surface area contributed by atoms with Crippen LogP contribution in [0.25, 0.3) is 5.57 Å². The Morgan fingerprint density at radius 2 is 2.03 bits per heavy atom. The fourth-order valence-electron chi connectivity index (χ4n) is 5.16. The third-order valence-corrected chi connectivity index (χ3v) is 6.71. The van der Waals surface area contributed by atoms with Crippen LogP contribution >= 0.6 is 0 Å². The second-order valence-electron chi connectivity index (χ2n) is 8.71. The highest BCUT2D eigenvalue weighted by Crippen LogP contribution is 2.39. The number of aromatic nitrogens is 1. The van der Waals surface area contributed by atoms with Gasteiger partial charge in [0, 0.05) is 38.8 Å². The first-order chi connectivity index (χ1) is 14.7. The summed E-state index contributed by atoms with van der Waals surface area (Å²) in [6.45, 7) is 8.13. The summed E-state index contributed by atoms with van der Waals surface area (Å²) in [6, 6.07) is 16.3. The average Bonchev–Trinajstić information content (AvgIpc) is 3.14. The molecule has 1 saturated heterocycles. The van der Waals surface area contributed by atoms with Crippen molar-refractivity contribution in [1.82, 2.24) is 19.6 Å². The maximum Gasteiger partial charge on any atom is 0.293 e. The van der Waals surface area contributed by atoms with Crippen LogP contribution in [0.2, 0.25) is 0 Å². The largest absolute Gasteiger partial charge is 0.336 e. The lowest BCUT2D eigenvalue weighted by Crippen LogP contribution is -2.50. The summed E-state index contributed by atoms with van der Waals surface area (Å²) < 4.78 is 0. The smallest absolute Gasteiger partial charge is 0.293 e. The van der Waals surface area contributed by atoms with Crippen LogP contribution in [0.5, 0.6) is 0 Å². The van der Waals surface area contributed by atoms with E-state index in [4.69, 9.17) is 4.98 Å². The van der Waals surface area contributed by atoms with Crippen molar-refractivity contribution in [2.75, 3.05) is 26.2 Å². The molecule has 5 nitrogen and oxygen atoms in total. The van der Waals surface area contributed by atoms with Crippen molar-refractivity contribution in [3.63, 3.8) is 0 Å². The fraction of sp³-hybridized carbons (Fsp3) is 0.417. The number of hydrogen-bond donors (Lipinski definition) is 0. The first-order valence-electron chi connectivity index (χ1n) is 10.9. The van der Waals surface area contributed by atoms with Crippen molar-refractivity contribution in [3.8, 4) is 0 Å². The molecule has 2 aromatic rings. The highest BCUT2D eigenvalue weighted by atomic mass is 16.1. The Labute approximate surface area is 179 Å². The molecule has 6 heteroatoms. The third-order valence-electron chi connectivity index (χ3n) is 6.71. The molecule has 0 N–H and O–H groups in total. The van der Waals surface area contributed by atoms with E-state index in [0.29, 0.717) is 12.1 Å². The highest BCUT2D eigenvalue weighted by Gasteiger charge is 2.39. The number of carbonyl (C=O) groups is 1. The lowest BCUT2D eigenvalue weighted by Gasteiger charge is -2.42. The van der Waals surface area contributed by atoms with E-state index >= 15 is 0 Å². The van der Waals surface area contributed by atoms with Crippen LogP contribution in [0.3, 0.4) is 0 Å². The van der Waals surface area contributed by atoms with Crippen LogP contribution in [0.15, 0.2) is 48.5 Å². The van der Waals surface area contributed by atoms with Gasteiger partial charge in [-0.1, -0.05) is 42.5 Å². The Hall–Kier alpha value is -2.28. The second kappa shape index (κ2) is 8.46. The highest BCUT2D eigenvalue weighted by molar-refractivity contribution is 6.64. The van der Waals surface area contributed by atoms with Gasteiger partial charge >= 0.3 is 0 Å². The molecule has 3 aliphatic rings. The molecule has 153 valence electrons. The number of rotatable bonds is 5. The van der Waals surface area contributed by atoms with Crippen molar-refractivity contribution in [2.45, 2.75) is 38.5 Å². The normalized spacial score (nSPS) is 24.8. The number of fused-ring (bicyclic) bond motifs is 3. The van der Waals surface area contributed by atoms with Gasteiger partial charge < -0.3 is 9.61 Å². The van der Waals surface area contributed by atoms with Gasteiger partial charge in [0.2, 0.25) is 0 Å². The molecule has 0 saturated carbocycles. The zero-order chi connectivity index (χ0) is 20.5. The van der Waals surface area contributed by atoms with E-state index in [0.717, 1.165) is 57.6 Å². The van der Waals surface area contributed by atoms with E-state index in [-0.39, 0.29) is 0 Å². The van der Waals surface area contributed by atoms with E-state index in [1.54, 1.807) is 7.41 Å². The van der Waals surface area contributed by atoms with Crippen LogP contribution in [0, 0.1) is 0 Å². The number of benzene rings is 1. The Bertz CT molecular complexity index is 947. The third kappa shape index (κ3) is 3.87. The number of nitrogens with zero attached hydrogens (tertiary/aromatic N) is 4. The SMILES string of the molecule is C[C@@H]1CN(Cc2ccccc2)C[C@@H]2c3ccc(C4=CCN([B]C=O)CC4)nc3CN12. The molecule has 4 heterocycles. The van der Waals surface area contributed by atoms with Gasteiger partial charge in [-0.15, -0.1) is 0 Å². The summed E-state index contributed by atoms with van der Waals surface area (Å²) in [5, 5.41) is 0. The molecular weight excluding hydrogens is 371 g/mol. The topological polar surface area (TPSA) is 39.7 Å². The minimum Gasteiger partial charge on any atom is -0.336 e. The van der Waals surface area contributed by atoms with Gasteiger partial charge in [-0.05, 0) is 42.7 Å². The van der Waals surface area contributed by atoms with Gasteiger partial charge in [-0.25, -0.2) is 0 Å². The fourth-order valence-corrected chi connectivity index (χ4v) is 5.16. The van der Waals surface area contributed by atoms with Crippen LogP contribution < -0.4 is 0 Å². The van der Waals surface area contributed by atoms with E-state index in [9.17, 15) is 4.79 Å². The summed E-state index contributed by atoms with van der Waals surface area (Å²) in [4.78, 5) is 23.0. The van der Waals surface area contributed by atoms with Crippen LogP contribution in [-0.4, -0.2) is 65.4 Å². The molecule has 2 atom stereocenters. The molecule has 0 spiro atoms. The first-order valence-corrected chi connectivity index (χ1v) is 10.9. The summed E-state index contributed by atoms with van der Waals surface area (Å²) in [6.07, 6.45) is 4.01. The summed E-state index contributed by atoms with van der Waals surface area (Å²) in [5.74, 6) is 0. The van der Waals surface area contributed by atoms with Gasteiger partial charge in [-0.2, -0.15) is 0 Å². The first kappa shape index (κ1) is 19.7. The molecule has 0 aliphatic carbocycles. The van der Waals surface area contributed by atoms with Gasteiger partial charge in [0.1, 0.15) is 0 Å². The van der Waals surface area contributed by atoms with Crippen molar-refractivity contribution < 1.29 is 4.79 Å². The Balaban J connectivity index is 1.32. The van der Waals surface area contributed by atoms with Crippen LogP contribution in [-0.2, 0) is 17.9 Å². The summed E-state index contributed by atoms with van der Waals surface area (Å²) >= 11 is 0. The quantitative estimate of drug-likeness (QED) is 0.571. The van der Waals surface area contributed by atoms with Gasteiger partial charge in [0.25, 0.3) is 7.41 Å². The monoisotopic (exact) mass is 399 g/mol. The standard InChI is InChI=1S/C24H28BN4O/c1-18-13-27(14-19-5-3-2-4-6-19)16-24-21-7-8-22(26-23(21)15-29(18)24)20-9-11-28(12-10-20)25-17-30/h2-9,17-18,24H,10-16H2,1H3/t18-,24-/m1/s1. The second-order valence-corrected chi connectivity index (χ2v) is 8.71. The van der Waals surface area contributed by atoms with Crippen molar-refractivity contribution in [2.24, 2.45) is 0 Å². The number of carbonyl (C=O) groups excluding carboxylic acids is 1. The van der Waals surface area contributed by atoms with Crippen molar-refractivity contribution in [1.29, 1.82) is 0 Å². The molecule has 1 aromatic heterocycles. The summed E-state index contributed by atoms with van der Waals surface area (Å²) in [7, 11) is 1.63. The lowest BCUT2D eigenvalue weighted by molar-refractivity contribution is 0.0336. The Morgan fingerprint density at radius 3 is 2.80 bits per heavy atom. The lowest BCUT2D eigenvalue weighted by atomic mass is 9.90. The molecule has 30 heavy (non-hydrogen) atoms. The predicted molar refractivity (Wildman–Crippen MR) is 120 cm³/mol. The maximum absolute atomic E-state index is 10.7. The van der Waals surface area contributed by atoms with Crippen molar-refractivity contribution in [3.05, 3.63) is 71.1 Å². The van der Waals surface area contributed by atoms with E-state index in [1.165, 1.54) is 22.4 Å². The van der Waals surface area contributed by atoms with Gasteiger partial charge in [0.05, 0.1) is 23.6 Å². The van der Waals surface area contributed by atoms with E-state index < -0.39 is 0 Å². The Kier molecular flexibility index (Phi) is 5.55.